The lowest BCUT2D eigenvalue weighted by molar-refractivity contribution is 0.321. The Hall–Kier alpha value is -1.54. The van der Waals surface area contributed by atoms with Crippen molar-refractivity contribution >= 4 is 17.3 Å². The minimum absolute atomic E-state index is 0.352. The third-order valence-electron chi connectivity index (χ3n) is 4.33. The van der Waals surface area contributed by atoms with Gasteiger partial charge in [-0.25, -0.2) is 4.98 Å². The molecule has 3 rings (SSSR count). The zero-order chi connectivity index (χ0) is 14.5. The molecule has 1 N–H and O–H groups in total. The van der Waals surface area contributed by atoms with Gasteiger partial charge in [-0.3, -0.25) is 0 Å². The van der Waals surface area contributed by atoms with Crippen molar-refractivity contribution in [2.75, 3.05) is 5.32 Å². The molecule has 110 valence electrons. The summed E-state index contributed by atoms with van der Waals surface area (Å²) in [6.07, 6.45) is 8.41. The first kappa shape index (κ1) is 14.4. The van der Waals surface area contributed by atoms with Crippen molar-refractivity contribution in [2.45, 2.75) is 38.1 Å². The van der Waals surface area contributed by atoms with E-state index in [1.807, 2.05) is 12.1 Å². The van der Waals surface area contributed by atoms with Crippen molar-refractivity contribution in [1.82, 2.24) is 4.98 Å². The first-order valence-electron chi connectivity index (χ1n) is 7.76. The molecule has 0 saturated heterocycles. The fraction of sp³-hybridized carbons (Fsp3) is 0.389. The van der Waals surface area contributed by atoms with Gasteiger partial charge in [-0.15, -0.1) is 0 Å². The van der Waals surface area contributed by atoms with Gasteiger partial charge in [0, 0.05) is 11.9 Å². The number of nitrogens with zero attached hydrogens (tertiary/aromatic N) is 1. The first-order valence-corrected chi connectivity index (χ1v) is 8.14. The molecule has 0 spiro atoms. The molecule has 0 bridgehead atoms. The summed E-state index contributed by atoms with van der Waals surface area (Å²) >= 11 is 6.01. The Morgan fingerprint density at radius 2 is 1.81 bits per heavy atom. The Kier molecular flexibility index (Phi) is 4.76. The van der Waals surface area contributed by atoms with Gasteiger partial charge in [0.1, 0.15) is 5.15 Å². The van der Waals surface area contributed by atoms with E-state index in [2.05, 4.69) is 40.6 Å². The van der Waals surface area contributed by atoms with Crippen molar-refractivity contribution in [1.29, 1.82) is 0 Å². The zero-order valence-electron chi connectivity index (χ0n) is 12.1. The summed E-state index contributed by atoms with van der Waals surface area (Å²) in [5.41, 5.74) is 2.41. The molecule has 1 atom stereocenters. The summed E-state index contributed by atoms with van der Waals surface area (Å²) in [7, 11) is 0. The Balaban J connectivity index is 1.85. The van der Waals surface area contributed by atoms with E-state index < -0.39 is 0 Å². The summed E-state index contributed by atoms with van der Waals surface area (Å²) in [4.78, 5) is 4.06. The molecule has 2 nitrogen and oxygen atoms in total. The summed E-state index contributed by atoms with van der Waals surface area (Å²) in [6.45, 7) is 0. The molecule has 1 heterocycles. The van der Waals surface area contributed by atoms with E-state index in [0.717, 1.165) is 5.69 Å². The first-order chi connectivity index (χ1) is 10.3. The van der Waals surface area contributed by atoms with Crippen LogP contribution in [0.25, 0.3) is 0 Å². The summed E-state index contributed by atoms with van der Waals surface area (Å²) in [5, 5.41) is 4.22. The molecular weight excluding hydrogens is 280 g/mol. The normalized spacial score (nSPS) is 17.4. The third-order valence-corrected chi connectivity index (χ3v) is 4.54. The second-order valence-electron chi connectivity index (χ2n) is 5.80. The average molecular weight is 301 g/mol. The monoisotopic (exact) mass is 300 g/mol. The van der Waals surface area contributed by atoms with Crippen LogP contribution in [0.4, 0.5) is 5.69 Å². The maximum absolute atomic E-state index is 6.01. The molecule has 0 radical (unpaired) electrons. The van der Waals surface area contributed by atoms with Gasteiger partial charge in [0.05, 0.1) is 6.04 Å². The molecule has 1 aliphatic carbocycles. The van der Waals surface area contributed by atoms with Crippen LogP contribution in [-0.4, -0.2) is 4.98 Å². The molecule has 2 aromatic rings. The molecule has 21 heavy (non-hydrogen) atoms. The van der Waals surface area contributed by atoms with Crippen LogP contribution in [0, 0.1) is 5.92 Å². The van der Waals surface area contributed by atoms with Gasteiger partial charge in [-0.05, 0) is 36.5 Å². The summed E-state index contributed by atoms with van der Waals surface area (Å²) < 4.78 is 0. The van der Waals surface area contributed by atoms with Gasteiger partial charge in [-0.2, -0.15) is 0 Å². The number of halogens is 1. The summed E-state index contributed by atoms with van der Waals surface area (Å²) in [6, 6.07) is 15.0. The minimum Gasteiger partial charge on any atom is -0.378 e. The topological polar surface area (TPSA) is 24.9 Å². The smallest absolute Gasteiger partial charge is 0.131 e. The Morgan fingerprint density at radius 1 is 1.05 bits per heavy atom. The van der Waals surface area contributed by atoms with Crippen LogP contribution in [0.1, 0.15) is 43.7 Å². The maximum atomic E-state index is 6.01. The molecule has 1 saturated carbocycles. The zero-order valence-corrected chi connectivity index (χ0v) is 12.9. The molecule has 1 aliphatic rings. The molecule has 0 aliphatic heterocycles. The third kappa shape index (κ3) is 3.76. The van der Waals surface area contributed by atoms with E-state index in [-0.39, 0.29) is 0 Å². The van der Waals surface area contributed by atoms with Crippen molar-refractivity contribution in [3.05, 3.63) is 59.4 Å². The average Bonchev–Trinajstić information content (AvgIpc) is 2.54. The number of benzene rings is 1. The SMILES string of the molecule is Clc1cc(NC(c2ccccc2)C2CCCCC2)ccn1. The van der Waals surface area contributed by atoms with Crippen molar-refractivity contribution in [3.8, 4) is 0 Å². The number of pyridine rings is 1. The number of rotatable bonds is 4. The lowest BCUT2D eigenvalue weighted by Crippen LogP contribution is -2.23. The van der Waals surface area contributed by atoms with E-state index in [9.17, 15) is 0 Å². The fourth-order valence-corrected chi connectivity index (χ4v) is 3.45. The fourth-order valence-electron chi connectivity index (χ4n) is 3.27. The molecule has 1 aromatic heterocycles. The minimum atomic E-state index is 0.352. The lowest BCUT2D eigenvalue weighted by Gasteiger charge is -2.32. The van der Waals surface area contributed by atoms with Crippen LogP contribution in [0.3, 0.4) is 0 Å². The van der Waals surface area contributed by atoms with Crippen LogP contribution in [0.15, 0.2) is 48.7 Å². The lowest BCUT2D eigenvalue weighted by atomic mass is 9.81. The van der Waals surface area contributed by atoms with Crippen LogP contribution in [0.2, 0.25) is 5.15 Å². The van der Waals surface area contributed by atoms with Gasteiger partial charge in [-0.1, -0.05) is 61.2 Å². The van der Waals surface area contributed by atoms with Crippen LogP contribution >= 0.6 is 11.6 Å². The van der Waals surface area contributed by atoms with Gasteiger partial charge in [0.25, 0.3) is 0 Å². The quantitative estimate of drug-likeness (QED) is 0.757. The van der Waals surface area contributed by atoms with Crippen molar-refractivity contribution in [3.63, 3.8) is 0 Å². The molecule has 3 heteroatoms. The second kappa shape index (κ2) is 6.95. The predicted octanol–water partition coefficient (Wildman–Crippen LogP) is 5.47. The molecular formula is C18H21ClN2. The van der Waals surface area contributed by atoms with Crippen LogP contribution in [0.5, 0.6) is 0 Å². The highest BCUT2D eigenvalue weighted by Crippen LogP contribution is 2.36. The number of hydrogen-bond acceptors (Lipinski definition) is 2. The Labute approximate surface area is 131 Å². The van der Waals surface area contributed by atoms with E-state index in [1.54, 1.807) is 6.20 Å². The molecule has 1 aromatic carbocycles. The van der Waals surface area contributed by atoms with E-state index in [4.69, 9.17) is 11.6 Å². The van der Waals surface area contributed by atoms with Crippen LogP contribution in [-0.2, 0) is 0 Å². The predicted molar refractivity (Wildman–Crippen MR) is 88.6 cm³/mol. The number of nitrogens with one attached hydrogen (secondary N) is 1. The van der Waals surface area contributed by atoms with E-state index >= 15 is 0 Å². The number of aromatic nitrogens is 1. The standard InChI is InChI=1S/C18H21ClN2/c19-17-13-16(11-12-20-17)21-18(14-7-3-1-4-8-14)15-9-5-2-6-10-15/h1,3-4,7-8,11-13,15,18H,2,5-6,9-10H2,(H,20,21). The Bertz CT molecular complexity index is 564. The number of anilines is 1. The number of hydrogen-bond donors (Lipinski definition) is 1. The Morgan fingerprint density at radius 3 is 2.52 bits per heavy atom. The van der Waals surface area contributed by atoms with Crippen LogP contribution < -0.4 is 5.32 Å². The van der Waals surface area contributed by atoms with Crippen molar-refractivity contribution < 1.29 is 0 Å². The van der Waals surface area contributed by atoms with Gasteiger partial charge >= 0.3 is 0 Å². The van der Waals surface area contributed by atoms with Gasteiger partial charge in [0.15, 0.2) is 0 Å². The second-order valence-corrected chi connectivity index (χ2v) is 6.19. The summed E-state index contributed by atoms with van der Waals surface area (Å²) in [5.74, 6) is 0.688. The largest absolute Gasteiger partial charge is 0.378 e. The molecule has 0 amide bonds. The van der Waals surface area contributed by atoms with Gasteiger partial charge < -0.3 is 5.32 Å². The maximum Gasteiger partial charge on any atom is 0.131 e. The van der Waals surface area contributed by atoms with E-state index in [0.29, 0.717) is 17.1 Å². The highest BCUT2D eigenvalue weighted by atomic mass is 35.5. The van der Waals surface area contributed by atoms with Crippen molar-refractivity contribution in [2.24, 2.45) is 5.92 Å². The molecule has 1 fully saturated rings. The highest BCUT2D eigenvalue weighted by Gasteiger charge is 2.24. The van der Waals surface area contributed by atoms with E-state index in [1.165, 1.54) is 37.7 Å². The van der Waals surface area contributed by atoms with Gasteiger partial charge in [0.2, 0.25) is 0 Å². The molecule has 1 unspecified atom stereocenters. The highest BCUT2D eigenvalue weighted by molar-refractivity contribution is 6.29.